The number of carbonyl (C=O) groups is 3. The van der Waals surface area contributed by atoms with Crippen LogP contribution in [-0.4, -0.2) is 27.9 Å². The Kier molecular flexibility index (Phi) is 7.39. The Morgan fingerprint density at radius 3 is 1.86 bits per heavy atom. The number of nitrogens with two attached hydrogens (primary N) is 1. The molecule has 1 aliphatic carbocycles. The van der Waals surface area contributed by atoms with Crippen molar-refractivity contribution in [3.63, 3.8) is 0 Å². The molecule has 0 fully saturated rings. The lowest BCUT2D eigenvalue weighted by atomic mass is 9.63. The molecule has 1 heterocycles. The van der Waals surface area contributed by atoms with Gasteiger partial charge in [-0.1, -0.05) is 33.8 Å². The molecule has 0 bridgehead atoms. The summed E-state index contributed by atoms with van der Waals surface area (Å²) in [6.07, 6.45) is 5.32. The molecule has 0 unspecified atom stereocenters. The van der Waals surface area contributed by atoms with Crippen molar-refractivity contribution in [2.45, 2.75) is 51.4 Å². The maximum Gasteiger partial charge on any atom is 0.335 e. The second-order valence-corrected chi connectivity index (χ2v) is 9.96. The van der Waals surface area contributed by atoms with Crippen LogP contribution in [0.5, 0.6) is 0 Å². The molecule has 0 saturated carbocycles. The van der Waals surface area contributed by atoms with Crippen molar-refractivity contribution in [2.75, 3.05) is 5.32 Å². The molecular weight excluding hydrogens is 442 g/mol. The molecule has 35 heavy (non-hydrogen) atoms. The molecule has 0 atom stereocenters. The third-order valence-electron chi connectivity index (χ3n) is 6.47. The molecule has 0 saturated heterocycles. The number of fused-ring (bicyclic) bond motifs is 1. The summed E-state index contributed by atoms with van der Waals surface area (Å²) in [5, 5.41) is 11.9. The predicted molar refractivity (Wildman–Crippen MR) is 136 cm³/mol. The van der Waals surface area contributed by atoms with Crippen LogP contribution in [0.25, 0.3) is 0 Å². The van der Waals surface area contributed by atoms with Crippen LogP contribution in [0, 0.1) is 0 Å². The first kappa shape index (κ1) is 25.6. The lowest BCUT2D eigenvalue weighted by molar-refractivity contribution is 0.0696. The summed E-state index contributed by atoms with van der Waals surface area (Å²) in [4.78, 5) is 37.5. The number of carboxylic acid groups (broad SMARTS) is 1. The molecule has 4 rings (SSSR count). The van der Waals surface area contributed by atoms with E-state index in [1.165, 1.54) is 47.8 Å². The van der Waals surface area contributed by atoms with E-state index in [1.54, 1.807) is 12.1 Å². The number of aromatic carboxylic acids is 1. The Balaban J connectivity index is 0.000000320. The van der Waals surface area contributed by atoms with Crippen molar-refractivity contribution in [1.29, 1.82) is 0 Å². The molecule has 0 radical (unpaired) electrons. The standard InChI is InChI=1S/C22H25NO3.C6H6N2O/c1-21(2)11-12-22(3,4)18-13-16(9-10-17(18)21)23-19(24)14-5-7-15(8-6-14)20(25)26;7-6(9)5-1-3-8-4-2-5/h5-10,13H,11-12H2,1-4H3,(H,23,24)(H,25,26);1-4H,(H2,7,9). The summed E-state index contributed by atoms with van der Waals surface area (Å²) in [6, 6.07) is 15.2. The molecule has 1 aliphatic rings. The summed E-state index contributed by atoms with van der Waals surface area (Å²) >= 11 is 0. The number of amides is 2. The monoisotopic (exact) mass is 473 g/mol. The number of aromatic nitrogens is 1. The zero-order chi connectivity index (χ0) is 25.8. The van der Waals surface area contributed by atoms with Gasteiger partial charge in [-0.3, -0.25) is 14.6 Å². The Hall–Kier alpha value is -4.00. The van der Waals surface area contributed by atoms with Gasteiger partial charge in [0.05, 0.1) is 5.56 Å². The third kappa shape index (κ3) is 6.12. The predicted octanol–water partition coefficient (Wildman–Crippen LogP) is 5.17. The summed E-state index contributed by atoms with van der Waals surface area (Å²) in [7, 11) is 0. The first-order valence-corrected chi connectivity index (χ1v) is 11.4. The van der Waals surface area contributed by atoms with Crippen molar-refractivity contribution < 1.29 is 19.5 Å². The van der Waals surface area contributed by atoms with Gasteiger partial charge in [0.25, 0.3) is 5.91 Å². The van der Waals surface area contributed by atoms with Crippen molar-refractivity contribution in [1.82, 2.24) is 4.98 Å². The first-order chi connectivity index (χ1) is 16.4. The lowest BCUT2D eigenvalue weighted by Crippen LogP contribution is -2.33. The molecule has 4 N–H and O–H groups in total. The minimum atomic E-state index is -1.00. The fraction of sp³-hybridized carbons (Fsp3) is 0.286. The average molecular weight is 474 g/mol. The van der Waals surface area contributed by atoms with Gasteiger partial charge in [-0.05, 0) is 83.3 Å². The van der Waals surface area contributed by atoms with Gasteiger partial charge in [0.1, 0.15) is 0 Å². The lowest BCUT2D eigenvalue weighted by Gasteiger charge is -2.42. The summed E-state index contributed by atoms with van der Waals surface area (Å²) in [5.41, 5.74) is 9.65. The highest BCUT2D eigenvalue weighted by Gasteiger charge is 2.37. The van der Waals surface area contributed by atoms with E-state index in [4.69, 9.17) is 10.8 Å². The van der Waals surface area contributed by atoms with E-state index in [9.17, 15) is 14.4 Å². The van der Waals surface area contributed by atoms with Gasteiger partial charge in [-0.25, -0.2) is 4.79 Å². The molecular formula is C28H31N3O4. The molecule has 2 aromatic carbocycles. The van der Waals surface area contributed by atoms with Crippen LogP contribution >= 0.6 is 0 Å². The van der Waals surface area contributed by atoms with Crippen LogP contribution in [0.2, 0.25) is 0 Å². The van der Waals surface area contributed by atoms with Crippen LogP contribution < -0.4 is 11.1 Å². The van der Waals surface area contributed by atoms with Crippen molar-refractivity contribution in [3.8, 4) is 0 Å². The first-order valence-electron chi connectivity index (χ1n) is 11.4. The van der Waals surface area contributed by atoms with E-state index < -0.39 is 11.9 Å². The summed E-state index contributed by atoms with van der Waals surface area (Å²) < 4.78 is 0. The molecule has 7 nitrogen and oxygen atoms in total. The number of primary amides is 1. The van der Waals surface area contributed by atoms with Gasteiger partial charge in [-0.15, -0.1) is 0 Å². The third-order valence-corrected chi connectivity index (χ3v) is 6.47. The van der Waals surface area contributed by atoms with Gasteiger partial charge in [0.2, 0.25) is 5.91 Å². The van der Waals surface area contributed by atoms with Gasteiger partial charge in [0, 0.05) is 29.2 Å². The highest BCUT2D eigenvalue weighted by molar-refractivity contribution is 6.04. The highest BCUT2D eigenvalue weighted by atomic mass is 16.4. The maximum atomic E-state index is 12.5. The van der Waals surface area contributed by atoms with Crippen LogP contribution in [0.3, 0.4) is 0 Å². The molecule has 7 heteroatoms. The van der Waals surface area contributed by atoms with E-state index in [1.807, 2.05) is 6.07 Å². The zero-order valence-corrected chi connectivity index (χ0v) is 20.5. The Morgan fingerprint density at radius 2 is 1.34 bits per heavy atom. The van der Waals surface area contributed by atoms with Gasteiger partial charge >= 0.3 is 5.97 Å². The number of pyridine rings is 1. The second-order valence-electron chi connectivity index (χ2n) is 9.96. The minimum absolute atomic E-state index is 0.0781. The topological polar surface area (TPSA) is 122 Å². The van der Waals surface area contributed by atoms with Crippen molar-refractivity contribution in [2.24, 2.45) is 5.73 Å². The zero-order valence-electron chi connectivity index (χ0n) is 20.5. The van der Waals surface area contributed by atoms with E-state index in [0.29, 0.717) is 11.1 Å². The number of carbonyl (C=O) groups excluding carboxylic acids is 2. The molecule has 182 valence electrons. The van der Waals surface area contributed by atoms with Crippen LogP contribution in [-0.2, 0) is 10.8 Å². The second kappa shape index (κ2) is 10.1. The number of anilines is 1. The smallest absolute Gasteiger partial charge is 0.335 e. The van der Waals surface area contributed by atoms with Crippen LogP contribution in [0.1, 0.15) is 82.7 Å². The molecule has 0 aliphatic heterocycles. The molecule has 1 aromatic heterocycles. The number of nitrogens with zero attached hydrogens (tertiary/aromatic N) is 1. The maximum absolute atomic E-state index is 12.5. The summed E-state index contributed by atoms with van der Waals surface area (Å²) in [5.74, 6) is -1.66. The number of rotatable bonds is 4. The average Bonchev–Trinajstić information content (AvgIpc) is 2.83. The Bertz CT molecular complexity index is 1230. The molecule has 0 spiro atoms. The van der Waals surface area contributed by atoms with E-state index in [0.717, 1.165) is 18.5 Å². The van der Waals surface area contributed by atoms with Gasteiger partial charge in [-0.2, -0.15) is 0 Å². The van der Waals surface area contributed by atoms with Gasteiger partial charge in [0.15, 0.2) is 0 Å². The minimum Gasteiger partial charge on any atom is -0.478 e. The van der Waals surface area contributed by atoms with E-state index in [-0.39, 0.29) is 22.3 Å². The fourth-order valence-corrected chi connectivity index (χ4v) is 4.15. The van der Waals surface area contributed by atoms with Crippen molar-refractivity contribution >= 4 is 23.5 Å². The Morgan fingerprint density at radius 1 is 0.800 bits per heavy atom. The SMILES string of the molecule is CC1(C)CCC(C)(C)c2cc(NC(=O)c3ccc(C(=O)O)cc3)ccc21.NC(=O)c1ccncc1. The molecule has 3 aromatic rings. The van der Waals surface area contributed by atoms with Gasteiger partial charge < -0.3 is 16.2 Å². The van der Waals surface area contributed by atoms with Crippen molar-refractivity contribution in [3.05, 3.63) is 94.8 Å². The number of nitrogens with one attached hydrogen (secondary N) is 1. The fourth-order valence-electron chi connectivity index (χ4n) is 4.15. The Labute approximate surface area is 205 Å². The quantitative estimate of drug-likeness (QED) is 0.483. The normalized spacial score (nSPS) is 15.1. The largest absolute Gasteiger partial charge is 0.478 e. The number of hydrogen-bond donors (Lipinski definition) is 3. The summed E-state index contributed by atoms with van der Waals surface area (Å²) in [6.45, 7) is 9.03. The van der Waals surface area contributed by atoms with E-state index >= 15 is 0 Å². The number of hydrogen-bond acceptors (Lipinski definition) is 4. The van der Waals surface area contributed by atoms with E-state index in [2.05, 4.69) is 50.1 Å². The molecule has 2 amide bonds. The highest BCUT2D eigenvalue weighted by Crippen LogP contribution is 2.46. The van der Waals surface area contributed by atoms with Crippen LogP contribution in [0.15, 0.2) is 67.0 Å². The van der Waals surface area contributed by atoms with Crippen LogP contribution in [0.4, 0.5) is 5.69 Å². The number of benzene rings is 2. The number of carboxylic acids is 1.